The van der Waals surface area contributed by atoms with Crippen LogP contribution in [0.3, 0.4) is 0 Å². The average Bonchev–Trinajstić information content (AvgIpc) is 3.12. The van der Waals surface area contributed by atoms with Crippen molar-refractivity contribution in [2.45, 2.75) is 216 Å². The van der Waals surface area contributed by atoms with Gasteiger partial charge in [-0.15, -0.1) is 0 Å². The molecule has 0 bridgehead atoms. The summed E-state index contributed by atoms with van der Waals surface area (Å²) in [5, 5.41) is 0. The van der Waals surface area contributed by atoms with Crippen molar-refractivity contribution in [1.82, 2.24) is 0 Å². The van der Waals surface area contributed by atoms with Gasteiger partial charge < -0.3 is 9.11 Å². The van der Waals surface area contributed by atoms with Crippen LogP contribution >= 0.6 is 0 Å². The molecule has 0 saturated carbocycles. The predicted molar refractivity (Wildman–Crippen MR) is 217 cm³/mol. The maximum Gasteiger partial charge on any atom is 2.00 e. The molecule has 0 saturated heterocycles. The summed E-state index contributed by atoms with van der Waals surface area (Å²) in [7, 11) is -8.64. The summed E-state index contributed by atoms with van der Waals surface area (Å²) >= 11 is 0. The smallest absolute Gasteiger partial charge is 0.744 e. The second kappa shape index (κ2) is 34.2. The van der Waals surface area contributed by atoms with Crippen LogP contribution in [0.1, 0.15) is 205 Å². The molecule has 2 aromatic carbocycles. The van der Waals surface area contributed by atoms with E-state index in [1.165, 1.54) is 191 Å². The third-order valence-corrected chi connectivity index (χ3v) is 11.8. The van der Waals surface area contributed by atoms with Crippen molar-refractivity contribution in [2.24, 2.45) is 0 Å². The second-order valence-electron chi connectivity index (χ2n) is 14.9. The van der Waals surface area contributed by atoms with Gasteiger partial charge in [-0.3, -0.25) is 0 Å². The van der Waals surface area contributed by atoms with Crippen LogP contribution in [0.5, 0.6) is 0 Å². The predicted octanol–water partition coefficient (Wildman–Crippen LogP) is 13.2. The van der Waals surface area contributed by atoms with Crippen molar-refractivity contribution in [1.29, 1.82) is 0 Å². The molecule has 0 N–H and O–H groups in total. The Morgan fingerprint density at radius 3 is 0.717 bits per heavy atom. The van der Waals surface area contributed by atoms with E-state index in [2.05, 4.69) is 13.8 Å². The number of hydrogen-bond donors (Lipinski definition) is 0. The van der Waals surface area contributed by atoms with Gasteiger partial charge in [0.1, 0.15) is 20.2 Å². The van der Waals surface area contributed by atoms with Gasteiger partial charge in [0.15, 0.2) is 0 Å². The maximum absolute atomic E-state index is 10.9. The molecule has 9 heteroatoms. The molecule has 2 rings (SSSR count). The first-order valence-corrected chi connectivity index (χ1v) is 24.0. The number of unbranched alkanes of at least 4 members (excludes halogenated alkanes) is 26. The van der Waals surface area contributed by atoms with E-state index in [1.807, 2.05) is 0 Å². The Bertz CT molecular complexity index is 1210. The van der Waals surface area contributed by atoms with E-state index in [-0.39, 0.29) is 29.3 Å². The normalized spacial score (nSPS) is 11.5. The van der Waals surface area contributed by atoms with E-state index in [4.69, 9.17) is 0 Å². The monoisotopic (exact) mass is 826 g/mol. The molecule has 0 amide bonds. The largest absolute Gasteiger partial charge is 2.00 e. The molecule has 0 aliphatic heterocycles. The van der Waals surface area contributed by atoms with Crippen molar-refractivity contribution in [3.8, 4) is 0 Å². The van der Waals surface area contributed by atoms with Crippen LogP contribution in [0, 0.1) is 0 Å². The molecule has 0 unspecified atom stereocenters. The standard InChI is InChI=1S/2C22H38O3S.Zn/c2*1-2-3-4-5-6-7-8-9-10-11-12-13-14-15-16-21-17-19-22(20-18-21)26(23,24)25;/h2*17-20H,2-16H2,1H3,(H,23,24,25);/q;;+2/p-2. The number of rotatable bonds is 32. The van der Waals surface area contributed by atoms with E-state index in [0.717, 1.165) is 36.8 Å². The van der Waals surface area contributed by atoms with Crippen LogP contribution in [0.15, 0.2) is 58.3 Å². The van der Waals surface area contributed by atoms with Crippen LogP contribution < -0.4 is 0 Å². The zero-order valence-corrected chi connectivity index (χ0v) is 38.4. The Balaban J connectivity index is 0.00000100. The van der Waals surface area contributed by atoms with Crippen LogP contribution in [0.4, 0.5) is 0 Å². The van der Waals surface area contributed by atoms with E-state index >= 15 is 0 Å². The van der Waals surface area contributed by atoms with Gasteiger partial charge in [0, 0.05) is 0 Å². The molecule has 0 aliphatic carbocycles. The fourth-order valence-corrected chi connectivity index (χ4v) is 7.63. The summed E-state index contributed by atoms with van der Waals surface area (Å²) in [6.07, 6.45) is 39.7. The fraction of sp³-hybridized carbons (Fsp3) is 0.727. The molecule has 300 valence electrons. The first-order valence-electron chi connectivity index (χ1n) is 21.2. The summed E-state index contributed by atoms with van der Waals surface area (Å²) < 4.78 is 65.3. The number of benzene rings is 2. The third kappa shape index (κ3) is 30.7. The van der Waals surface area contributed by atoms with Crippen molar-refractivity contribution in [3.05, 3.63) is 59.7 Å². The average molecular weight is 829 g/mol. The topological polar surface area (TPSA) is 114 Å². The summed E-state index contributed by atoms with van der Waals surface area (Å²) in [5.74, 6) is 0. The van der Waals surface area contributed by atoms with Gasteiger partial charge in [0.25, 0.3) is 0 Å². The van der Waals surface area contributed by atoms with Crippen molar-refractivity contribution < 1.29 is 45.4 Å². The van der Waals surface area contributed by atoms with Gasteiger partial charge in [-0.05, 0) is 61.1 Å². The molecule has 0 aliphatic rings. The van der Waals surface area contributed by atoms with Crippen LogP contribution in [-0.4, -0.2) is 25.9 Å². The van der Waals surface area contributed by atoms with Crippen molar-refractivity contribution >= 4 is 20.2 Å². The van der Waals surface area contributed by atoms with Gasteiger partial charge in [0.05, 0.1) is 9.79 Å². The van der Waals surface area contributed by atoms with E-state index in [9.17, 15) is 25.9 Å². The molecule has 0 spiro atoms. The van der Waals surface area contributed by atoms with Gasteiger partial charge in [0.2, 0.25) is 0 Å². The Kier molecular flexibility index (Phi) is 33.4. The third-order valence-electron chi connectivity index (χ3n) is 10.1. The zero-order chi connectivity index (χ0) is 38.2. The van der Waals surface area contributed by atoms with Crippen molar-refractivity contribution in [2.75, 3.05) is 0 Å². The zero-order valence-electron chi connectivity index (χ0n) is 33.8. The summed E-state index contributed by atoms with van der Waals surface area (Å²) in [5.41, 5.74) is 2.22. The van der Waals surface area contributed by atoms with Crippen LogP contribution in [0.25, 0.3) is 0 Å². The van der Waals surface area contributed by atoms with Crippen molar-refractivity contribution in [3.63, 3.8) is 0 Å². The Morgan fingerprint density at radius 1 is 0.340 bits per heavy atom. The summed E-state index contributed by atoms with van der Waals surface area (Å²) in [6, 6.07) is 12.7. The molecule has 53 heavy (non-hydrogen) atoms. The number of aryl methyl sites for hydroxylation is 2. The first kappa shape index (κ1) is 51.9. The van der Waals surface area contributed by atoms with Gasteiger partial charge in [-0.2, -0.15) is 0 Å². The van der Waals surface area contributed by atoms with E-state index < -0.39 is 20.2 Å². The molecule has 2 aromatic rings. The Morgan fingerprint density at radius 2 is 0.528 bits per heavy atom. The van der Waals surface area contributed by atoms with Gasteiger partial charge in [-0.25, -0.2) is 16.8 Å². The SMILES string of the molecule is CCCCCCCCCCCCCCCCc1ccc(S(=O)(=O)[O-])cc1.CCCCCCCCCCCCCCCCc1ccc(S(=O)(=O)[O-])cc1.[Zn+2]. The van der Waals surface area contributed by atoms with Crippen LogP contribution in [0.2, 0.25) is 0 Å². The van der Waals surface area contributed by atoms with Gasteiger partial charge >= 0.3 is 19.5 Å². The van der Waals surface area contributed by atoms with Gasteiger partial charge in [-0.1, -0.05) is 205 Å². The fourth-order valence-electron chi connectivity index (χ4n) is 6.69. The second-order valence-corrected chi connectivity index (χ2v) is 17.6. The Hall–Kier alpha value is -1.12. The van der Waals surface area contributed by atoms with Crippen LogP contribution in [-0.2, 0) is 52.6 Å². The molecule has 0 fully saturated rings. The minimum absolute atomic E-state index is 0. The minimum atomic E-state index is -4.32. The first-order chi connectivity index (χ1) is 25.1. The quantitative estimate of drug-likeness (QED) is 0.0412. The molecular weight excluding hydrogens is 754 g/mol. The molecule has 0 atom stereocenters. The molecule has 6 nitrogen and oxygen atoms in total. The molecular formula is C44H74O6S2Zn. The minimum Gasteiger partial charge on any atom is -0.744 e. The van der Waals surface area contributed by atoms with E-state index in [0.29, 0.717) is 0 Å². The van der Waals surface area contributed by atoms with E-state index in [1.54, 1.807) is 24.3 Å². The number of hydrogen-bond acceptors (Lipinski definition) is 6. The maximum atomic E-state index is 10.9. The summed E-state index contributed by atoms with van der Waals surface area (Å²) in [6.45, 7) is 4.53. The molecule has 0 aromatic heterocycles. The molecule has 0 radical (unpaired) electrons. The molecule has 0 heterocycles. The summed E-state index contributed by atoms with van der Waals surface area (Å²) in [4.78, 5) is -0.274. The Labute approximate surface area is 339 Å².